The van der Waals surface area contributed by atoms with Crippen molar-refractivity contribution in [1.82, 2.24) is 0 Å². The van der Waals surface area contributed by atoms with Crippen molar-refractivity contribution in [2.75, 3.05) is 19.0 Å². The van der Waals surface area contributed by atoms with E-state index in [0.29, 0.717) is 12.2 Å². The first-order valence-corrected chi connectivity index (χ1v) is 5.54. The minimum Gasteiger partial charge on any atom is -0.380 e. The summed E-state index contributed by atoms with van der Waals surface area (Å²) in [4.78, 5) is 10.4. The number of nitro groups is 1. The van der Waals surface area contributed by atoms with E-state index in [-0.39, 0.29) is 11.8 Å². The number of ether oxygens (including phenoxy) is 1. The van der Waals surface area contributed by atoms with Crippen LogP contribution in [0.1, 0.15) is 6.92 Å². The molecule has 0 aliphatic carbocycles. The third-order valence-electron chi connectivity index (χ3n) is 2.14. The third-order valence-corrected chi connectivity index (χ3v) is 2.63. The zero-order valence-corrected chi connectivity index (χ0v) is 10.7. The van der Waals surface area contributed by atoms with Crippen molar-refractivity contribution in [2.45, 2.75) is 13.0 Å². The Labute approximate surface area is 102 Å². The van der Waals surface area contributed by atoms with Crippen LogP contribution >= 0.6 is 15.9 Å². The minimum absolute atomic E-state index is 0.00131. The van der Waals surface area contributed by atoms with E-state index < -0.39 is 4.92 Å². The predicted octanol–water partition coefficient (Wildman–Crippen LogP) is 2.80. The average Bonchev–Trinajstić information content (AvgIpc) is 2.25. The number of nitro benzene ring substituents is 1. The van der Waals surface area contributed by atoms with E-state index in [1.54, 1.807) is 19.2 Å². The molecule has 0 saturated carbocycles. The lowest BCUT2D eigenvalue weighted by atomic mass is 10.2. The summed E-state index contributed by atoms with van der Waals surface area (Å²) in [6.07, 6.45) is -0.00131. The van der Waals surface area contributed by atoms with Gasteiger partial charge in [-0.25, -0.2) is 0 Å². The highest BCUT2D eigenvalue weighted by Crippen LogP contribution is 2.27. The van der Waals surface area contributed by atoms with Crippen LogP contribution in [0.25, 0.3) is 0 Å². The molecule has 16 heavy (non-hydrogen) atoms. The molecule has 1 aromatic carbocycles. The molecule has 1 aromatic rings. The molecule has 0 amide bonds. The maximum atomic E-state index is 10.8. The summed E-state index contributed by atoms with van der Waals surface area (Å²) >= 11 is 3.28. The molecule has 0 radical (unpaired) electrons. The Balaban J connectivity index is 2.84. The van der Waals surface area contributed by atoms with Gasteiger partial charge < -0.3 is 10.1 Å². The van der Waals surface area contributed by atoms with E-state index in [1.807, 2.05) is 6.92 Å². The molecule has 1 rings (SSSR count). The van der Waals surface area contributed by atoms with E-state index in [2.05, 4.69) is 21.2 Å². The molecule has 1 atom stereocenters. The summed E-state index contributed by atoms with van der Waals surface area (Å²) in [7, 11) is 1.60. The quantitative estimate of drug-likeness (QED) is 0.668. The van der Waals surface area contributed by atoms with Gasteiger partial charge in [0.15, 0.2) is 0 Å². The van der Waals surface area contributed by atoms with Crippen LogP contribution < -0.4 is 5.32 Å². The van der Waals surface area contributed by atoms with E-state index in [9.17, 15) is 10.1 Å². The second-order valence-corrected chi connectivity index (χ2v) is 4.26. The summed E-state index contributed by atoms with van der Waals surface area (Å²) in [5, 5.41) is 13.8. The summed E-state index contributed by atoms with van der Waals surface area (Å²) in [6.45, 7) is 2.41. The van der Waals surface area contributed by atoms with Crippen molar-refractivity contribution in [1.29, 1.82) is 0 Å². The SMILES string of the molecule is COC(C)CNc1cc(Br)ccc1[N+](=O)[O-]. The van der Waals surface area contributed by atoms with Gasteiger partial charge in [-0.2, -0.15) is 0 Å². The van der Waals surface area contributed by atoms with Gasteiger partial charge in [-0.1, -0.05) is 15.9 Å². The highest BCUT2D eigenvalue weighted by atomic mass is 79.9. The summed E-state index contributed by atoms with van der Waals surface area (Å²) in [6, 6.07) is 4.79. The molecular formula is C10H13BrN2O3. The van der Waals surface area contributed by atoms with Crippen LogP contribution in [0, 0.1) is 10.1 Å². The molecule has 1 unspecified atom stereocenters. The molecule has 5 nitrogen and oxygen atoms in total. The highest BCUT2D eigenvalue weighted by Gasteiger charge is 2.13. The normalized spacial score (nSPS) is 12.2. The largest absolute Gasteiger partial charge is 0.380 e. The molecule has 0 aliphatic heterocycles. The lowest BCUT2D eigenvalue weighted by Gasteiger charge is -2.12. The molecule has 0 saturated heterocycles. The Hall–Kier alpha value is -1.14. The van der Waals surface area contributed by atoms with Crippen LogP contribution in [-0.4, -0.2) is 24.7 Å². The third kappa shape index (κ3) is 3.46. The Morgan fingerprint density at radius 1 is 1.62 bits per heavy atom. The number of hydrogen-bond acceptors (Lipinski definition) is 4. The highest BCUT2D eigenvalue weighted by molar-refractivity contribution is 9.10. The number of methoxy groups -OCH3 is 1. The predicted molar refractivity (Wildman–Crippen MR) is 65.8 cm³/mol. The molecule has 0 bridgehead atoms. The van der Waals surface area contributed by atoms with Crippen molar-refractivity contribution in [2.24, 2.45) is 0 Å². The number of halogens is 1. The van der Waals surface area contributed by atoms with Crippen LogP contribution in [0.3, 0.4) is 0 Å². The van der Waals surface area contributed by atoms with Gasteiger partial charge in [0.05, 0.1) is 11.0 Å². The van der Waals surface area contributed by atoms with Gasteiger partial charge in [0.1, 0.15) is 5.69 Å². The first kappa shape index (κ1) is 12.9. The zero-order chi connectivity index (χ0) is 12.1. The maximum Gasteiger partial charge on any atom is 0.292 e. The van der Waals surface area contributed by atoms with E-state index in [0.717, 1.165) is 4.47 Å². The van der Waals surface area contributed by atoms with Crippen LogP contribution in [0.2, 0.25) is 0 Å². The Bertz CT molecular complexity index is 384. The van der Waals surface area contributed by atoms with Gasteiger partial charge in [0.25, 0.3) is 5.69 Å². The first-order valence-electron chi connectivity index (χ1n) is 4.75. The van der Waals surface area contributed by atoms with Gasteiger partial charge in [0.2, 0.25) is 0 Å². The van der Waals surface area contributed by atoms with Crippen LogP contribution in [0.5, 0.6) is 0 Å². The summed E-state index contributed by atoms with van der Waals surface area (Å²) < 4.78 is 5.86. The number of hydrogen-bond donors (Lipinski definition) is 1. The number of nitrogens with one attached hydrogen (secondary N) is 1. The molecule has 0 heterocycles. The number of benzene rings is 1. The van der Waals surface area contributed by atoms with E-state index in [4.69, 9.17) is 4.74 Å². The molecule has 0 spiro atoms. The minimum atomic E-state index is -0.410. The van der Waals surface area contributed by atoms with Gasteiger partial charge in [-0.05, 0) is 19.1 Å². The fourth-order valence-corrected chi connectivity index (χ4v) is 1.51. The van der Waals surface area contributed by atoms with E-state index in [1.165, 1.54) is 6.07 Å². The van der Waals surface area contributed by atoms with E-state index >= 15 is 0 Å². The lowest BCUT2D eigenvalue weighted by Crippen LogP contribution is -2.18. The van der Waals surface area contributed by atoms with Gasteiger partial charge in [0, 0.05) is 24.2 Å². The summed E-state index contributed by atoms with van der Waals surface area (Å²) in [5.74, 6) is 0. The molecule has 0 aliphatic rings. The fraction of sp³-hybridized carbons (Fsp3) is 0.400. The van der Waals surface area contributed by atoms with Gasteiger partial charge in [-0.15, -0.1) is 0 Å². The molecule has 1 N–H and O–H groups in total. The van der Waals surface area contributed by atoms with Crippen LogP contribution in [-0.2, 0) is 4.74 Å². The smallest absolute Gasteiger partial charge is 0.292 e. The van der Waals surface area contributed by atoms with Crippen LogP contribution in [0.15, 0.2) is 22.7 Å². The maximum absolute atomic E-state index is 10.8. The first-order chi connectivity index (χ1) is 7.54. The molecule has 88 valence electrons. The standard InChI is InChI=1S/C10H13BrN2O3/c1-7(16-2)6-12-9-5-8(11)3-4-10(9)13(14)15/h3-5,7,12H,6H2,1-2H3. The molecule has 6 heteroatoms. The monoisotopic (exact) mass is 288 g/mol. The second-order valence-electron chi connectivity index (χ2n) is 3.35. The topological polar surface area (TPSA) is 64.4 Å². The average molecular weight is 289 g/mol. The molecule has 0 aromatic heterocycles. The van der Waals surface area contributed by atoms with Crippen molar-refractivity contribution in [3.63, 3.8) is 0 Å². The molecule has 0 fully saturated rings. The zero-order valence-electron chi connectivity index (χ0n) is 9.07. The van der Waals surface area contributed by atoms with Crippen molar-refractivity contribution >= 4 is 27.3 Å². The van der Waals surface area contributed by atoms with Crippen molar-refractivity contribution < 1.29 is 9.66 Å². The Morgan fingerprint density at radius 2 is 2.31 bits per heavy atom. The summed E-state index contributed by atoms with van der Waals surface area (Å²) in [5.41, 5.74) is 0.551. The Kier molecular flexibility index (Phi) is 4.70. The lowest BCUT2D eigenvalue weighted by molar-refractivity contribution is -0.384. The number of rotatable bonds is 5. The van der Waals surface area contributed by atoms with Gasteiger partial charge >= 0.3 is 0 Å². The number of nitrogens with zero attached hydrogens (tertiary/aromatic N) is 1. The molecular weight excluding hydrogens is 276 g/mol. The van der Waals surface area contributed by atoms with Crippen molar-refractivity contribution in [3.8, 4) is 0 Å². The fourth-order valence-electron chi connectivity index (χ4n) is 1.15. The van der Waals surface area contributed by atoms with Crippen LogP contribution in [0.4, 0.5) is 11.4 Å². The number of anilines is 1. The second kappa shape index (κ2) is 5.81. The Morgan fingerprint density at radius 3 is 2.88 bits per heavy atom. The van der Waals surface area contributed by atoms with Crippen molar-refractivity contribution in [3.05, 3.63) is 32.8 Å². The van der Waals surface area contributed by atoms with Gasteiger partial charge in [-0.3, -0.25) is 10.1 Å².